The molecule has 0 atom stereocenters. The number of hydrogen-bond acceptors (Lipinski definition) is 5. The molecule has 1 aromatic heterocycles. The highest BCUT2D eigenvalue weighted by Crippen LogP contribution is 2.39. The molecule has 4 heterocycles. The quantitative estimate of drug-likeness (QED) is 0.386. The normalized spacial score (nSPS) is 18.1. The van der Waals surface area contributed by atoms with E-state index in [1.54, 1.807) is 42.2 Å². The Labute approximate surface area is 232 Å². The molecule has 5 rings (SSSR count). The molecule has 1 aromatic carbocycles. The minimum absolute atomic E-state index is 0.170. The number of amides is 2. The van der Waals surface area contributed by atoms with E-state index in [1.807, 2.05) is 0 Å². The number of carbonyl (C=O) groups is 1. The van der Waals surface area contributed by atoms with Crippen LogP contribution in [0, 0.1) is 5.41 Å². The third kappa shape index (κ3) is 5.60. The number of aromatic nitrogens is 1. The number of nitrogens with one attached hydrogen (secondary N) is 3. The monoisotopic (exact) mass is 554 g/mol. The third-order valence-electron chi connectivity index (χ3n) is 8.02. The van der Waals surface area contributed by atoms with E-state index < -0.39 is 6.43 Å². The zero-order valence-electron chi connectivity index (χ0n) is 22.9. The van der Waals surface area contributed by atoms with Crippen LogP contribution in [0.25, 0.3) is 11.1 Å². The first-order valence-corrected chi connectivity index (χ1v) is 13.8. The van der Waals surface area contributed by atoms with Gasteiger partial charge in [-0.1, -0.05) is 0 Å². The lowest BCUT2D eigenvalue weighted by molar-refractivity contribution is 0.0798. The predicted octanol–water partition coefficient (Wildman–Crippen LogP) is 3.79. The van der Waals surface area contributed by atoms with Crippen molar-refractivity contribution in [2.75, 3.05) is 44.8 Å². The number of hydrogen-bond donors (Lipinski definition) is 3. The molecule has 3 aliphatic rings. The van der Waals surface area contributed by atoms with Gasteiger partial charge in [0.25, 0.3) is 12.0 Å². The van der Waals surface area contributed by atoms with Gasteiger partial charge in [-0.3, -0.25) is 10.2 Å². The van der Waals surface area contributed by atoms with E-state index in [9.17, 15) is 23.8 Å². The first-order valence-electron chi connectivity index (χ1n) is 13.8. The van der Waals surface area contributed by atoms with Gasteiger partial charge in [0.2, 0.25) is 0 Å². The van der Waals surface area contributed by atoms with E-state index >= 15 is 0 Å². The van der Waals surface area contributed by atoms with Crippen molar-refractivity contribution in [1.82, 2.24) is 20.1 Å². The largest absolute Gasteiger partial charge is 0.385 e. The molecule has 0 unspecified atom stereocenters. The summed E-state index contributed by atoms with van der Waals surface area (Å²) < 4.78 is 35.7. The predicted molar refractivity (Wildman–Crippen MR) is 150 cm³/mol. The number of rotatable bonds is 5. The molecule has 0 radical (unpaired) electrons. The number of alkyl halides is 2. The van der Waals surface area contributed by atoms with Crippen molar-refractivity contribution in [2.24, 2.45) is 7.05 Å². The van der Waals surface area contributed by atoms with Crippen LogP contribution in [-0.2, 0) is 18.2 Å². The van der Waals surface area contributed by atoms with Crippen molar-refractivity contribution in [3.8, 4) is 11.1 Å². The molecule has 0 bridgehead atoms. The average molecular weight is 555 g/mol. The number of anilines is 1. The Bertz CT molecular complexity index is 1380. The molecular weight excluding hydrogens is 518 g/mol. The number of urea groups is 1. The van der Waals surface area contributed by atoms with Crippen LogP contribution < -0.4 is 21.1 Å². The Morgan fingerprint density at radius 2 is 1.93 bits per heavy atom. The van der Waals surface area contributed by atoms with Crippen LogP contribution in [0.2, 0.25) is 0 Å². The van der Waals surface area contributed by atoms with Gasteiger partial charge >= 0.3 is 6.03 Å². The van der Waals surface area contributed by atoms with E-state index in [4.69, 9.17) is 4.74 Å². The topological polar surface area (TPSA) is 103 Å². The van der Waals surface area contributed by atoms with E-state index in [2.05, 4.69) is 10.6 Å². The number of ether oxygens (including phenoxy) is 1. The number of carbonyl (C=O) groups excluding carboxylic acids is 1. The maximum Gasteiger partial charge on any atom is 0.317 e. The van der Waals surface area contributed by atoms with Gasteiger partial charge in [0, 0.05) is 87.6 Å². The van der Waals surface area contributed by atoms with Crippen molar-refractivity contribution < 1.29 is 18.3 Å². The van der Waals surface area contributed by atoms with E-state index in [1.165, 1.54) is 16.7 Å². The van der Waals surface area contributed by atoms with Gasteiger partial charge < -0.3 is 29.7 Å². The Morgan fingerprint density at radius 3 is 2.62 bits per heavy atom. The van der Waals surface area contributed by atoms with Gasteiger partial charge in [0.1, 0.15) is 5.84 Å². The van der Waals surface area contributed by atoms with Gasteiger partial charge in [-0.05, 0) is 60.6 Å². The number of pyridine rings is 1. The van der Waals surface area contributed by atoms with Crippen LogP contribution in [-0.4, -0.2) is 67.3 Å². The highest BCUT2D eigenvalue weighted by molar-refractivity contribution is 6.09. The smallest absolute Gasteiger partial charge is 0.317 e. The highest BCUT2D eigenvalue weighted by Gasteiger charge is 2.32. The lowest BCUT2D eigenvalue weighted by Gasteiger charge is -2.38. The second-order valence-electron chi connectivity index (χ2n) is 10.6. The molecule has 214 valence electrons. The average Bonchev–Trinajstić information content (AvgIpc) is 2.97. The fourth-order valence-corrected chi connectivity index (χ4v) is 5.75. The van der Waals surface area contributed by atoms with Crippen LogP contribution in [0.3, 0.4) is 0 Å². The number of aryl methyl sites for hydroxylation is 2. The van der Waals surface area contributed by atoms with Crippen LogP contribution in [0.15, 0.2) is 46.5 Å². The van der Waals surface area contributed by atoms with Crippen molar-refractivity contribution in [2.45, 2.75) is 44.6 Å². The molecule has 0 saturated carbocycles. The van der Waals surface area contributed by atoms with Crippen LogP contribution in [0.5, 0.6) is 0 Å². The fourth-order valence-electron chi connectivity index (χ4n) is 5.75. The Morgan fingerprint density at radius 1 is 1.15 bits per heavy atom. The molecule has 9 nitrogen and oxygen atoms in total. The lowest BCUT2D eigenvalue weighted by atomic mass is 9.91. The summed E-state index contributed by atoms with van der Waals surface area (Å²) in [6.45, 7) is 2.63. The van der Waals surface area contributed by atoms with Gasteiger partial charge in [-0.15, -0.1) is 0 Å². The number of fused-ring (bicyclic) bond motifs is 1. The number of halogens is 2. The molecule has 3 aliphatic heterocycles. The number of amidine groups is 1. The molecule has 40 heavy (non-hydrogen) atoms. The second-order valence-corrected chi connectivity index (χ2v) is 10.6. The summed E-state index contributed by atoms with van der Waals surface area (Å²) in [5.74, 6) is 0.214. The van der Waals surface area contributed by atoms with Crippen LogP contribution in [0.1, 0.15) is 43.2 Å². The first kappa shape index (κ1) is 27.8. The zero-order chi connectivity index (χ0) is 28.4. The highest BCUT2D eigenvalue weighted by atomic mass is 19.3. The van der Waals surface area contributed by atoms with E-state index in [0.29, 0.717) is 61.5 Å². The zero-order valence-corrected chi connectivity index (χ0v) is 22.9. The van der Waals surface area contributed by atoms with Crippen molar-refractivity contribution in [3.63, 3.8) is 0 Å². The second kappa shape index (κ2) is 11.8. The molecule has 0 spiro atoms. The van der Waals surface area contributed by atoms with Crippen LogP contribution >= 0.6 is 0 Å². The maximum absolute atomic E-state index is 14.4. The molecular formula is C29H36F2N6O3. The maximum atomic E-state index is 14.4. The minimum Gasteiger partial charge on any atom is -0.385 e. The molecule has 3 N–H and O–H groups in total. The van der Waals surface area contributed by atoms with Crippen molar-refractivity contribution in [3.05, 3.63) is 63.2 Å². The fraction of sp³-hybridized carbons (Fsp3) is 0.483. The van der Waals surface area contributed by atoms with E-state index in [0.717, 1.165) is 30.5 Å². The molecule has 1 fully saturated rings. The van der Waals surface area contributed by atoms with E-state index in [-0.39, 0.29) is 35.6 Å². The Balaban J connectivity index is 1.53. The number of benzene rings is 1. The summed E-state index contributed by atoms with van der Waals surface area (Å²) >= 11 is 0. The van der Waals surface area contributed by atoms with Gasteiger partial charge in [0.15, 0.2) is 0 Å². The Kier molecular flexibility index (Phi) is 8.20. The molecule has 0 aliphatic carbocycles. The lowest BCUT2D eigenvalue weighted by Crippen LogP contribution is -2.48. The SMILES string of the molecule is CNC(=O)N1CCC(NC2CCOCC2)=C(C(=N)N2CCCc3cc(-c4ccn(C)c(=O)c4)c(C(F)F)cc32)C1. The summed E-state index contributed by atoms with van der Waals surface area (Å²) in [4.78, 5) is 28.2. The Hall–Kier alpha value is -3.73. The molecule has 11 heteroatoms. The summed E-state index contributed by atoms with van der Waals surface area (Å²) in [5, 5.41) is 15.6. The molecule has 2 amide bonds. The number of nitrogens with zero attached hydrogens (tertiary/aromatic N) is 3. The summed E-state index contributed by atoms with van der Waals surface area (Å²) in [6.07, 6.45) is 2.54. The van der Waals surface area contributed by atoms with Gasteiger partial charge in [-0.25, -0.2) is 13.6 Å². The minimum atomic E-state index is -2.76. The standard InChI is InChI=1S/C29H36F2N6O3/c1-33-29(39)36-11-6-24(34-20-7-12-40-13-8-20)23(17-36)28(32)37-9-3-4-19-14-21(22(27(30)31)16-25(19)37)18-5-10-35(2)26(38)15-18/h5,10,14-16,20,27,32,34H,3-4,6-9,11-13,17H2,1-2H3,(H,33,39). The third-order valence-corrected chi connectivity index (χ3v) is 8.02. The van der Waals surface area contributed by atoms with Crippen molar-refractivity contribution in [1.29, 1.82) is 5.41 Å². The summed E-state index contributed by atoms with van der Waals surface area (Å²) in [6, 6.07) is 6.28. The van der Waals surface area contributed by atoms with Crippen LogP contribution in [0.4, 0.5) is 19.3 Å². The summed E-state index contributed by atoms with van der Waals surface area (Å²) in [5.41, 5.74) is 3.41. The summed E-state index contributed by atoms with van der Waals surface area (Å²) in [7, 11) is 3.20. The first-order chi connectivity index (χ1) is 19.3. The van der Waals surface area contributed by atoms with Gasteiger partial charge in [0.05, 0.1) is 6.54 Å². The molecule has 2 aromatic rings. The molecule has 1 saturated heterocycles. The van der Waals surface area contributed by atoms with Crippen molar-refractivity contribution >= 4 is 17.6 Å². The van der Waals surface area contributed by atoms with Gasteiger partial charge in [-0.2, -0.15) is 0 Å².